The maximum absolute atomic E-state index is 12.7. The van der Waals surface area contributed by atoms with E-state index < -0.39 is 42.0 Å². The van der Waals surface area contributed by atoms with Gasteiger partial charge in [0.05, 0.1) is 16.5 Å². The second-order valence-electron chi connectivity index (χ2n) is 7.66. The van der Waals surface area contributed by atoms with Gasteiger partial charge in [-0.15, -0.1) is 0 Å². The number of halogens is 1. The predicted molar refractivity (Wildman–Crippen MR) is 107 cm³/mol. The lowest BCUT2D eigenvalue weighted by Crippen LogP contribution is -2.36. The number of ether oxygens (including phenoxy) is 3. The third kappa shape index (κ3) is 3.62. The fraction of sp³-hybridized carbons (Fsp3) is 0.455. The van der Waals surface area contributed by atoms with Gasteiger partial charge in [-0.25, -0.2) is 9.59 Å². The molecule has 7 nitrogen and oxygen atoms in total. The van der Waals surface area contributed by atoms with E-state index in [-0.39, 0.29) is 35.0 Å². The van der Waals surface area contributed by atoms with Crippen LogP contribution >= 0.6 is 11.6 Å². The number of Topliss-reactive ketones (excluding diaryl/α,β-unsaturated/α-hetero) is 1. The zero-order valence-electron chi connectivity index (χ0n) is 17.2. The third-order valence-corrected chi connectivity index (χ3v) is 6.30. The molecule has 1 aliphatic heterocycles. The molecule has 4 atom stereocenters. The molecule has 1 heterocycles. The summed E-state index contributed by atoms with van der Waals surface area (Å²) < 4.78 is 16.2. The van der Waals surface area contributed by atoms with Gasteiger partial charge in [0.1, 0.15) is 18.8 Å². The highest BCUT2D eigenvalue weighted by Crippen LogP contribution is 2.50. The monoisotopic (exact) mass is 434 g/mol. The van der Waals surface area contributed by atoms with Crippen molar-refractivity contribution in [3.05, 3.63) is 45.6 Å². The molecule has 2 aliphatic carbocycles. The zero-order valence-corrected chi connectivity index (χ0v) is 18.0. The molecule has 1 fully saturated rings. The number of hydrogen-bond donors (Lipinski definition) is 0. The average molecular weight is 435 g/mol. The molecule has 0 saturated carbocycles. The highest BCUT2D eigenvalue weighted by atomic mass is 35.5. The molecule has 8 heteroatoms. The largest absolute Gasteiger partial charge is 0.461 e. The van der Waals surface area contributed by atoms with Crippen LogP contribution in [0.2, 0.25) is 0 Å². The Morgan fingerprint density at radius 3 is 2.57 bits per heavy atom. The second-order valence-corrected chi connectivity index (χ2v) is 8.04. The molecule has 0 aromatic heterocycles. The lowest BCUT2D eigenvalue weighted by molar-refractivity contribution is -0.149. The third-order valence-electron chi connectivity index (χ3n) is 5.83. The minimum Gasteiger partial charge on any atom is -0.461 e. The Hall–Kier alpha value is -2.67. The number of rotatable bonds is 4. The first-order chi connectivity index (χ1) is 14.1. The van der Waals surface area contributed by atoms with Crippen molar-refractivity contribution >= 4 is 35.3 Å². The van der Waals surface area contributed by atoms with E-state index in [1.165, 1.54) is 13.0 Å². The molecule has 0 bridgehead atoms. The summed E-state index contributed by atoms with van der Waals surface area (Å²) in [5.41, 5.74) is 2.20. The average Bonchev–Trinajstić information content (AvgIpc) is 3.04. The molecular weight excluding hydrogens is 412 g/mol. The van der Waals surface area contributed by atoms with Gasteiger partial charge < -0.3 is 14.2 Å². The molecule has 0 unspecified atom stereocenters. The first-order valence-corrected chi connectivity index (χ1v) is 9.96. The normalized spacial score (nSPS) is 28.8. The SMILES string of the molecule is C=C1C(=O)O[C@H]2[C@H]3C(C)=C(Cl)C(=O)C3=C(C)C[C@@H](OC(=O)/C(=C/C)COC(C)=O)[C@@H]12. The number of allylic oxidation sites excluding steroid dienone is 2. The summed E-state index contributed by atoms with van der Waals surface area (Å²) in [5.74, 6) is -3.19. The summed E-state index contributed by atoms with van der Waals surface area (Å²) in [7, 11) is 0. The van der Waals surface area contributed by atoms with E-state index in [9.17, 15) is 19.2 Å². The van der Waals surface area contributed by atoms with Crippen LogP contribution in [0.4, 0.5) is 0 Å². The number of fused-ring (bicyclic) bond motifs is 3. The smallest absolute Gasteiger partial charge is 0.337 e. The van der Waals surface area contributed by atoms with Gasteiger partial charge in [-0.3, -0.25) is 9.59 Å². The van der Waals surface area contributed by atoms with E-state index >= 15 is 0 Å². The number of esters is 3. The van der Waals surface area contributed by atoms with Crippen LogP contribution < -0.4 is 0 Å². The fourth-order valence-electron chi connectivity index (χ4n) is 4.29. The van der Waals surface area contributed by atoms with E-state index in [2.05, 4.69) is 6.58 Å². The molecule has 3 rings (SSSR count). The molecule has 160 valence electrons. The second kappa shape index (κ2) is 8.22. The van der Waals surface area contributed by atoms with E-state index in [1.807, 2.05) is 0 Å². The van der Waals surface area contributed by atoms with Gasteiger partial charge in [-0.05, 0) is 26.3 Å². The van der Waals surface area contributed by atoms with Crippen molar-refractivity contribution in [2.75, 3.05) is 6.61 Å². The number of ketones is 1. The summed E-state index contributed by atoms with van der Waals surface area (Å²) in [6, 6.07) is 0. The van der Waals surface area contributed by atoms with Gasteiger partial charge in [-0.1, -0.05) is 29.8 Å². The number of carbonyl (C=O) groups excluding carboxylic acids is 4. The Morgan fingerprint density at radius 2 is 1.97 bits per heavy atom. The minimum absolute atomic E-state index is 0.134. The Morgan fingerprint density at radius 1 is 1.30 bits per heavy atom. The predicted octanol–water partition coefficient (Wildman–Crippen LogP) is 2.94. The molecule has 1 saturated heterocycles. The maximum Gasteiger partial charge on any atom is 0.337 e. The van der Waals surface area contributed by atoms with Crippen molar-refractivity contribution in [2.24, 2.45) is 11.8 Å². The van der Waals surface area contributed by atoms with Crippen LogP contribution in [0.15, 0.2) is 45.6 Å². The van der Waals surface area contributed by atoms with Gasteiger partial charge in [0.25, 0.3) is 0 Å². The van der Waals surface area contributed by atoms with Crippen LogP contribution in [0.25, 0.3) is 0 Å². The lowest BCUT2D eigenvalue weighted by atomic mass is 9.82. The molecule has 0 N–H and O–H groups in total. The van der Waals surface area contributed by atoms with Crippen molar-refractivity contribution in [1.29, 1.82) is 0 Å². The van der Waals surface area contributed by atoms with Crippen LogP contribution in [-0.4, -0.2) is 42.5 Å². The Kier molecular flexibility index (Phi) is 6.04. The summed E-state index contributed by atoms with van der Waals surface area (Å²) in [4.78, 5) is 48.8. The number of carbonyl (C=O) groups is 4. The summed E-state index contributed by atoms with van der Waals surface area (Å²) in [6.45, 7) is 10.0. The Labute approximate surface area is 179 Å². The quantitative estimate of drug-likeness (QED) is 0.381. The highest BCUT2D eigenvalue weighted by Gasteiger charge is 2.55. The molecule has 30 heavy (non-hydrogen) atoms. The summed E-state index contributed by atoms with van der Waals surface area (Å²) in [5, 5.41) is 0.134. The van der Waals surface area contributed by atoms with Gasteiger partial charge >= 0.3 is 17.9 Å². The van der Waals surface area contributed by atoms with E-state index in [1.54, 1.807) is 20.8 Å². The van der Waals surface area contributed by atoms with Crippen molar-refractivity contribution in [1.82, 2.24) is 0 Å². The van der Waals surface area contributed by atoms with E-state index in [0.717, 1.165) is 5.57 Å². The van der Waals surface area contributed by atoms with Gasteiger partial charge in [0.2, 0.25) is 5.78 Å². The van der Waals surface area contributed by atoms with Crippen LogP contribution in [0.1, 0.15) is 34.1 Å². The molecular formula is C22H23ClO7. The van der Waals surface area contributed by atoms with Crippen LogP contribution in [0.5, 0.6) is 0 Å². The standard InChI is InChI=1S/C22H23ClO7/c1-6-13(8-28-12(5)24)22(27)29-14-7-9(2)15-17(10(3)18(23)19(15)25)20-16(14)11(4)21(26)30-20/h6,14,16-17,20H,4,7-8H2,1-3,5H3/b13-6+/t14-,16-,17+,20-/m1/s1. The van der Waals surface area contributed by atoms with E-state index in [0.29, 0.717) is 11.1 Å². The number of hydrogen-bond acceptors (Lipinski definition) is 7. The molecule has 3 aliphatic rings. The molecule has 0 spiro atoms. The molecule has 0 amide bonds. The first-order valence-electron chi connectivity index (χ1n) is 9.58. The Bertz CT molecular complexity index is 953. The van der Waals surface area contributed by atoms with Crippen molar-refractivity contribution in [3.8, 4) is 0 Å². The zero-order chi connectivity index (χ0) is 22.3. The van der Waals surface area contributed by atoms with E-state index in [4.69, 9.17) is 25.8 Å². The highest BCUT2D eigenvalue weighted by molar-refractivity contribution is 6.47. The van der Waals surface area contributed by atoms with Crippen LogP contribution in [0.3, 0.4) is 0 Å². The summed E-state index contributed by atoms with van der Waals surface area (Å²) in [6.07, 6.45) is 0.215. The minimum atomic E-state index is -0.772. The fourth-order valence-corrected chi connectivity index (χ4v) is 4.51. The molecule has 0 radical (unpaired) electrons. The van der Waals surface area contributed by atoms with Crippen molar-refractivity contribution in [2.45, 2.75) is 46.3 Å². The Balaban J connectivity index is 1.95. The van der Waals surface area contributed by atoms with Gasteiger partial charge in [-0.2, -0.15) is 0 Å². The summed E-state index contributed by atoms with van der Waals surface area (Å²) >= 11 is 6.21. The van der Waals surface area contributed by atoms with Crippen molar-refractivity contribution < 1.29 is 33.4 Å². The van der Waals surface area contributed by atoms with Crippen LogP contribution in [-0.2, 0) is 33.4 Å². The van der Waals surface area contributed by atoms with Gasteiger partial charge in [0.15, 0.2) is 0 Å². The molecule has 0 aromatic rings. The topological polar surface area (TPSA) is 96.0 Å². The first kappa shape index (κ1) is 22.0. The lowest BCUT2D eigenvalue weighted by Gasteiger charge is -2.28. The van der Waals surface area contributed by atoms with Gasteiger partial charge in [0, 0.05) is 30.4 Å². The maximum atomic E-state index is 12.7. The van der Waals surface area contributed by atoms with Crippen LogP contribution in [0, 0.1) is 11.8 Å². The van der Waals surface area contributed by atoms with Crippen molar-refractivity contribution in [3.63, 3.8) is 0 Å². The molecule has 0 aromatic carbocycles.